The first-order valence-electron chi connectivity index (χ1n) is 5.67. The van der Waals surface area contributed by atoms with E-state index in [-0.39, 0.29) is 10.3 Å². The molecule has 0 saturated carbocycles. The highest BCUT2D eigenvalue weighted by Gasteiger charge is 2.07. The topological polar surface area (TPSA) is 37.8 Å². The molecule has 1 aromatic heterocycles. The van der Waals surface area contributed by atoms with E-state index in [2.05, 4.69) is 4.98 Å². The van der Waals surface area contributed by atoms with Gasteiger partial charge in [0, 0.05) is 0 Å². The molecule has 5 heteroatoms. The van der Waals surface area contributed by atoms with E-state index in [1.807, 2.05) is 6.07 Å². The average molecular weight is 272 g/mol. The molecule has 0 aliphatic carbocycles. The quantitative estimate of drug-likeness (QED) is 0.691. The molecule has 0 aliphatic rings. The highest BCUT2D eigenvalue weighted by Crippen LogP contribution is 2.11. The van der Waals surface area contributed by atoms with Gasteiger partial charge in [0.2, 0.25) is 0 Å². The van der Waals surface area contributed by atoms with Crippen LogP contribution in [0.2, 0.25) is 0 Å². The third-order valence-electron chi connectivity index (χ3n) is 2.87. The first kappa shape index (κ1) is 11.8. The van der Waals surface area contributed by atoms with Crippen LogP contribution in [-0.2, 0) is 0 Å². The predicted octanol–water partition coefficient (Wildman–Crippen LogP) is 3.19. The Labute approximate surface area is 113 Å². The molecule has 3 rings (SSSR count). The van der Waals surface area contributed by atoms with E-state index in [1.165, 1.54) is 16.7 Å². The minimum absolute atomic E-state index is 0.245. The molecule has 3 nitrogen and oxygen atoms in total. The van der Waals surface area contributed by atoms with Crippen LogP contribution in [0.25, 0.3) is 16.6 Å². The Balaban J connectivity index is 2.42. The summed E-state index contributed by atoms with van der Waals surface area (Å²) in [5, 5.41) is 0.514. The molecule has 0 fully saturated rings. The number of para-hydroxylation sites is 1. The predicted molar refractivity (Wildman–Crippen MR) is 74.7 cm³/mol. The molecule has 1 heterocycles. The third kappa shape index (κ3) is 1.98. The van der Waals surface area contributed by atoms with E-state index < -0.39 is 5.82 Å². The fourth-order valence-electron chi connectivity index (χ4n) is 2.01. The van der Waals surface area contributed by atoms with Gasteiger partial charge < -0.3 is 4.98 Å². The average Bonchev–Trinajstić information content (AvgIpc) is 2.39. The zero-order valence-corrected chi connectivity index (χ0v) is 10.6. The molecule has 0 bridgehead atoms. The number of halogens is 1. The summed E-state index contributed by atoms with van der Waals surface area (Å²) in [6.45, 7) is 0. The van der Waals surface area contributed by atoms with Crippen molar-refractivity contribution in [1.82, 2.24) is 9.55 Å². The lowest BCUT2D eigenvalue weighted by molar-refractivity contribution is 0.626. The molecular formula is C14H9FN2OS. The van der Waals surface area contributed by atoms with E-state index in [4.69, 9.17) is 12.2 Å². The van der Waals surface area contributed by atoms with Gasteiger partial charge in [-0.15, -0.1) is 0 Å². The molecular weight excluding hydrogens is 263 g/mol. The molecule has 0 aliphatic heterocycles. The maximum absolute atomic E-state index is 13.3. The molecule has 94 valence electrons. The Hall–Kier alpha value is -2.27. The highest BCUT2D eigenvalue weighted by atomic mass is 32.1. The number of benzene rings is 2. The zero-order chi connectivity index (χ0) is 13.4. The SMILES string of the molecule is O=c1c2ccccc2[nH]c(=S)n1-c1cccc(F)c1. The van der Waals surface area contributed by atoms with Crippen LogP contribution in [0.15, 0.2) is 53.3 Å². The molecule has 0 radical (unpaired) electrons. The lowest BCUT2D eigenvalue weighted by atomic mass is 10.2. The van der Waals surface area contributed by atoms with Crippen molar-refractivity contribution >= 4 is 23.1 Å². The van der Waals surface area contributed by atoms with Gasteiger partial charge in [-0.2, -0.15) is 0 Å². The van der Waals surface area contributed by atoms with Crippen molar-refractivity contribution in [3.05, 3.63) is 69.5 Å². The number of nitrogens with one attached hydrogen (secondary N) is 1. The second-order valence-corrected chi connectivity index (χ2v) is 4.48. The molecule has 2 aromatic carbocycles. The summed E-state index contributed by atoms with van der Waals surface area (Å²) in [7, 11) is 0. The Bertz CT molecular complexity index is 882. The Morgan fingerprint density at radius 1 is 1.11 bits per heavy atom. The second kappa shape index (κ2) is 4.44. The van der Waals surface area contributed by atoms with E-state index in [1.54, 1.807) is 30.3 Å². The highest BCUT2D eigenvalue weighted by molar-refractivity contribution is 7.71. The zero-order valence-electron chi connectivity index (χ0n) is 9.76. The summed E-state index contributed by atoms with van der Waals surface area (Å²) in [5.74, 6) is -0.410. The van der Waals surface area contributed by atoms with Gasteiger partial charge in [-0.25, -0.2) is 4.39 Å². The number of aromatic amines is 1. The van der Waals surface area contributed by atoms with Gasteiger partial charge in [0.05, 0.1) is 16.6 Å². The van der Waals surface area contributed by atoms with Crippen molar-refractivity contribution in [2.75, 3.05) is 0 Å². The largest absolute Gasteiger partial charge is 0.331 e. The summed E-state index contributed by atoms with van der Waals surface area (Å²) in [5.41, 5.74) is 0.826. The number of nitrogens with zero attached hydrogens (tertiary/aromatic N) is 1. The minimum atomic E-state index is -0.410. The van der Waals surface area contributed by atoms with Gasteiger partial charge in [-0.3, -0.25) is 9.36 Å². The number of H-pyrrole nitrogens is 1. The molecule has 3 aromatic rings. The Morgan fingerprint density at radius 2 is 1.89 bits per heavy atom. The van der Waals surface area contributed by atoms with Crippen molar-refractivity contribution in [2.45, 2.75) is 0 Å². The van der Waals surface area contributed by atoms with Crippen LogP contribution in [0.3, 0.4) is 0 Å². The van der Waals surface area contributed by atoms with E-state index in [0.29, 0.717) is 16.6 Å². The lowest BCUT2D eigenvalue weighted by Gasteiger charge is -2.07. The smallest absolute Gasteiger partial charge is 0.266 e. The summed E-state index contributed by atoms with van der Waals surface area (Å²) in [4.78, 5) is 15.4. The van der Waals surface area contributed by atoms with Crippen LogP contribution in [0, 0.1) is 10.6 Å². The van der Waals surface area contributed by atoms with E-state index >= 15 is 0 Å². The molecule has 19 heavy (non-hydrogen) atoms. The third-order valence-corrected chi connectivity index (χ3v) is 3.16. The van der Waals surface area contributed by atoms with Gasteiger partial charge in [0.25, 0.3) is 5.56 Å². The Kier molecular flexibility index (Phi) is 2.76. The molecule has 0 unspecified atom stereocenters. The van der Waals surface area contributed by atoms with Crippen molar-refractivity contribution in [3.63, 3.8) is 0 Å². The summed E-state index contributed by atoms with van der Waals surface area (Å²) < 4.78 is 14.8. The van der Waals surface area contributed by atoms with Gasteiger partial charge in [0.15, 0.2) is 4.77 Å². The van der Waals surface area contributed by atoms with Gasteiger partial charge in [-0.1, -0.05) is 18.2 Å². The number of fused-ring (bicyclic) bond motifs is 1. The van der Waals surface area contributed by atoms with E-state index in [0.717, 1.165) is 0 Å². The van der Waals surface area contributed by atoms with Crippen molar-refractivity contribution in [3.8, 4) is 5.69 Å². The normalized spacial score (nSPS) is 10.8. The number of hydrogen-bond donors (Lipinski definition) is 1. The van der Waals surface area contributed by atoms with Crippen LogP contribution < -0.4 is 5.56 Å². The van der Waals surface area contributed by atoms with Gasteiger partial charge in [-0.05, 0) is 42.5 Å². The number of aromatic nitrogens is 2. The minimum Gasteiger partial charge on any atom is -0.331 e. The summed E-state index contributed by atoms with van der Waals surface area (Å²) >= 11 is 5.18. The maximum atomic E-state index is 13.3. The van der Waals surface area contributed by atoms with Crippen LogP contribution in [-0.4, -0.2) is 9.55 Å². The van der Waals surface area contributed by atoms with Crippen LogP contribution in [0.5, 0.6) is 0 Å². The monoisotopic (exact) mass is 272 g/mol. The molecule has 0 saturated heterocycles. The standard InChI is InChI=1S/C14H9FN2OS/c15-9-4-3-5-10(8-9)17-13(18)11-6-1-2-7-12(11)16-14(17)19/h1-8H,(H,16,19). The summed E-state index contributed by atoms with van der Waals surface area (Å²) in [6.07, 6.45) is 0. The van der Waals surface area contributed by atoms with Crippen molar-refractivity contribution in [2.24, 2.45) is 0 Å². The fourth-order valence-corrected chi connectivity index (χ4v) is 2.31. The van der Waals surface area contributed by atoms with Crippen LogP contribution in [0.4, 0.5) is 4.39 Å². The van der Waals surface area contributed by atoms with Crippen LogP contribution in [0.1, 0.15) is 0 Å². The molecule has 1 N–H and O–H groups in total. The molecule has 0 atom stereocenters. The van der Waals surface area contributed by atoms with Gasteiger partial charge in [0.1, 0.15) is 5.82 Å². The van der Waals surface area contributed by atoms with Crippen molar-refractivity contribution in [1.29, 1.82) is 0 Å². The fraction of sp³-hybridized carbons (Fsp3) is 0. The first-order chi connectivity index (χ1) is 9.16. The molecule has 0 amide bonds. The van der Waals surface area contributed by atoms with E-state index in [9.17, 15) is 9.18 Å². The van der Waals surface area contributed by atoms with Gasteiger partial charge >= 0.3 is 0 Å². The maximum Gasteiger partial charge on any atom is 0.266 e. The number of hydrogen-bond acceptors (Lipinski definition) is 2. The first-order valence-corrected chi connectivity index (χ1v) is 6.08. The van der Waals surface area contributed by atoms with Crippen molar-refractivity contribution < 1.29 is 4.39 Å². The van der Waals surface area contributed by atoms with Crippen LogP contribution >= 0.6 is 12.2 Å². The number of rotatable bonds is 1. The second-order valence-electron chi connectivity index (χ2n) is 4.10. The lowest BCUT2D eigenvalue weighted by Crippen LogP contribution is -2.20. The Morgan fingerprint density at radius 3 is 2.68 bits per heavy atom. The summed E-state index contributed by atoms with van der Waals surface area (Å²) in [6, 6.07) is 12.9. The molecule has 0 spiro atoms.